The molecule has 1 amide bonds. The van der Waals surface area contributed by atoms with E-state index in [4.69, 9.17) is 9.88 Å². The summed E-state index contributed by atoms with van der Waals surface area (Å²) in [5.74, 6) is -0.296. The van der Waals surface area contributed by atoms with E-state index in [0.717, 1.165) is 12.8 Å². The van der Waals surface area contributed by atoms with E-state index in [1.54, 1.807) is 6.07 Å². The van der Waals surface area contributed by atoms with Crippen molar-refractivity contribution in [1.29, 1.82) is 0 Å². The number of amides is 1. The topological polar surface area (TPSA) is 98.5 Å². The molecule has 0 atom stereocenters. The van der Waals surface area contributed by atoms with E-state index in [0.29, 0.717) is 6.61 Å². The van der Waals surface area contributed by atoms with Crippen LogP contribution in [-0.2, 0) is 14.8 Å². The van der Waals surface area contributed by atoms with Gasteiger partial charge in [-0.15, -0.1) is 0 Å². The Balaban J connectivity index is 1.97. The maximum atomic E-state index is 12.0. The maximum absolute atomic E-state index is 12.0. The van der Waals surface area contributed by atoms with Crippen LogP contribution in [0.1, 0.15) is 30.1 Å². The summed E-state index contributed by atoms with van der Waals surface area (Å²) in [6, 6.07) is 5.78. The van der Waals surface area contributed by atoms with Gasteiger partial charge in [-0.2, -0.15) is 0 Å². The number of rotatable bonds is 5. The molecule has 2 rings (SSSR count). The molecule has 0 spiro atoms. The van der Waals surface area contributed by atoms with Crippen LogP contribution < -0.4 is 10.5 Å². The third-order valence-corrected chi connectivity index (χ3v) is 4.17. The molecule has 1 aliphatic carbocycles. The Hall–Kier alpha value is -1.44. The molecule has 1 aromatic carbocycles. The van der Waals surface area contributed by atoms with Gasteiger partial charge in [0, 0.05) is 18.2 Å². The second-order valence-electron chi connectivity index (χ2n) is 4.79. The zero-order valence-corrected chi connectivity index (χ0v) is 12.0. The highest BCUT2D eigenvalue weighted by Gasteiger charge is 2.30. The van der Waals surface area contributed by atoms with Crippen molar-refractivity contribution < 1.29 is 17.9 Å². The molecule has 1 fully saturated rings. The van der Waals surface area contributed by atoms with Gasteiger partial charge in [0.15, 0.2) is 0 Å². The van der Waals surface area contributed by atoms with Gasteiger partial charge in [0.2, 0.25) is 10.0 Å². The third kappa shape index (κ3) is 3.56. The second kappa shape index (κ2) is 5.90. The van der Waals surface area contributed by atoms with Gasteiger partial charge in [-0.25, -0.2) is 13.6 Å². The fourth-order valence-electron chi connectivity index (χ4n) is 2.14. The number of nitrogens with two attached hydrogens (primary N) is 1. The van der Waals surface area contributed by atoms with Crippen LogP contribution in [0.4, 0.5) is 0 Å². The van der Waals surface area contributed by atoms with Crippen LogP contribution in [0.2, 0.25) is 0 Å². The van der Waals surface area contributed by atoms with Crippen molar-refractivity contribution in [2.45, 2.75) is 36.8 Å². The summed E-state index contributed by atoms with van der Waals surface area (Å²) in [6.07, 6.45) is 1.78. The average molecular weight is 298 g/mol. The summed E-state index contributed by atoms with van der Waals surface area (Å²) in [4.78, 5) is 11.9. The van der Waals surface area contributed by atoms with Gasteiger partial charge in [0.05, 0.1) is 11.0 Å². The van der Waals surface area contributed by atoms with Crippen LogP contribution >= 0.6 is 0 Å². The molecule has 0 unspecified atom stereocenters. The Morgan fingerprint density at radius 2 is 2.15 bits per heavy atom. The predicted octanol–water partition coefficient (Wildman–Crippen LogP) is 0.631. The molecule has 3 N–H and O–H groups in total. The Morgan fingerprint density at radius 1 is 1.45 bits per heavy atom. The number of benzene rings is 1. The summed E-state index contributed by atoms with van der Waals surface area (Å²) < 4.78 is 27.9. The smallest absolute Gasteiger partial charge is 0.251 e. The van der Waals surface area contributed by atoms with E-state index in [1.807, 2.05) is 6.92 Å². The Morgan fingerprint density at radius 3 is 2.75 bits per heavy atom. The van der Waals surface area contributed by atoms with Crippen molar-refractivity contribution in [3.8, 4) is 0 Å². The number of ether oxygens (including phenoxy) is 1. The molecule has 1 saturated carbocycles. The van der Waals surface area contributed by atoms with E-state index in [9.17, 15) is 13.2 Å². The number of primary sulfonamides is 1. The molecule has 6 nitrogen and oxygen atoms in total. The van der Waals surface area contributed by atoms with Crippen molar-refractivity contribution in [1.82, 2.24) is 5.32 Å². The number of sulfonamides is 1. The van der Waals surface area contributed by atoms with Gasteiger partial charge in [-0.1, -0.05) is 6.07 Å². The van der Waals surface area contributed by atoms with E-state index in [1.165, 1.54) is 18.2 Å². The van der Waals surface area contributed by atoms with Crippen molar-refractivity contribution >= 4 is 15.9 Å². The molecule has 0 aliphatic heterocycles. The summed E-state index contributed by atoms with van der Waals surface area (Å²) in [5, 5.41) is 7.89. The Kier molecular flexibility index (Phi) is 4.42. The highest BCUT2D eigenvalue weighted by molar-refractivity contribution is 7.89. The van der Waals surface area contributed by atoms with Gasteiger partial charge < -0.3 is 10.1 Å². The first-order chi connectivity index (χ1) is 9.40. The van der Waals surface area contributed by atoms with Crippen molar-refractivity contribution in [2.75, 3.05) is 6.61 Å². The molecule has 110 valence electrons. The minimum absolute atomic E-state index is 0.0639. The lowest BCUT2D eigenvalue weighted by Crippen LogP contribution is -2.47. The van der Waals surface area contributed by atoms with Gasteiger partial charge in [0.25, 0.3) is 5.91 Å². The minimum Gasteiger partial charge on any atom is -0.378 e. The van der Waals surface area contributed by atoms with E-state index in [2.05, 4.69) is 5.32 Å². The maximum Gasteiger partial charge on any atom is 0.251 e. The minimum atomic E-state index is -3.80. The average Bonchev–Trinajstić information content (AvgIpc) is 2.35. The monoisotopic (exact) mass is 298 g/mol. The van der Waals surface area contributed by atoms with Crippen LogP contribution in [0.3, 0.4) is 0 Å². The number of hydrogen-bond acceptors (Lipinski definition) is 4. The SMILES string of the molecule is CCOC1CC(NC(=O)c2cccc(S(N)(=O)=O)c2)C1. The normalized spacial score (nSPS) is 22.1. The van der Waals surface area contributed by atoms with Gasteiger partial charge in [-0.3, -0.25) is 4.79 Å². The van der Waals surface area contributed by atoms with E-state index >= 15 is 0 Å². The highest BCUT2D eigenvalue weighted by atomic mass is 32.2. The predicted molar refractivity (Wildman–Crippen MR) is 73.7 cm³/mol. The van der Waals surface area contributed by atoms with Gasteiger partial charge in [-0.05, 0) is 38.0 Å². The van der Waals surface area contributed by atoms with Crippen LogP contribution in [0, 0.1) is 0 Å². The number of nitrogens with one attached hydrogen (secondary N) is 1. The summed E-state index contributed by atoms with van der Waals surface area (Å²) >= 11 is 0. The van der Waals surface area contributed by atoms with E-state index < -0.39 is 10.0 Å². The summed E-state index contributed by atoms with van der Waals surface area (Å²) in [7, 11) is -3.80. The first-order valence-electron chi connectivity index (χ1n) is 6.45. The van der Waals surface area contributed by atoms with Crippen molar-refractivity contribution in [3.05, 3.63) is 29.8 Å². The fourth-order valence-corrected chi connectivity index (χ4v) is 2.70. The van der Waals surface area contributed by atoms with Crippen LogP contribution in [0.15, 0.2) is 29.2 Å². The molecule has 0 bridgehead atoms. The lowest BCUT2D eigenvalue weighted by molar-refractivity contribution is -0.00862. The molecule has 0 radical (unpaired) electrons. The van der Waals surface area contributed by atoms with Crippen LogP contribution in [0.5, 0.6) is 0 Å². The van der Waals surface area contributed by atoms with Crippen molar-refractivity contribution in [3.63, 3.8) is 0 Å². The highest BCUT2D eigenvalue weighted by Crippen LogP contribution is 2.23. The van der Waals surface area contributed by atoms with Crippen LogP contribution in [-0.4, -0.2) is 33.1 Å². The zero-order chi connectivity index (χ0) is 14.8. The summed E-state index contributed by atoms with van der Waals surface area (Å²) in [6.45, 7) is 2.60. The fraction of sp³-hybridized carbons (Fsp3) is 0.462. The zero-order valence-electron chi connectivity index (χ0n) is 11.2. The molecule has 0 heterocycles. The van der Waals surface area contributed by atoms with Gasteiger partial charge >= 0.3 is 0 Å². The molecular formula is C13H18N2O4S. The quantitative estimate of drug-likeness (QED) is 0.833. The van der Waals surface area contributed by atoms with Gasteiger partial charge in [0.1, 0.15) is 0 Å². The largest absolute Gasteiger partial charge is 0.378 e. The lowest BCUT2D eigenvalue weighted by atomic mass is 9.89. The summed E-state index contributed by atoms with van der Waals surface area (Å²) in [5.41, 5.74) is 0.288. The molecular weight excluding hydrogens is 280 g/mol. The molecule has 20 heavy (non-hydrogen) atoms. The number of carbonyl (C=O) groups excluding carboxylic acids is 1. The molecule has 0 aromatic heterocycles. The molecule has 1 aromatic rings. The standard InChI is InChI=1S/C13H18N2O4S/c1-2-19-11-7-10(8-11)15-13(16)9-4-3-5-12(6-9)20(14,17)18/h3-6,10-11H,2,7-8H2,1H3,(H,15,16)(H2,14,17,18). The van der Waals surface area contributed by atoms with E-state index in [-0.39, 0.29) is 28.5 Å². The molecule has 0 saturated heterocycles. The van der Waals surface area contributed by atoms with Crippen LogP contribution in [0.25, 0.3) is 0 Å². The number of carbonyl (C=O) groups is 1. The lowest BCUT2D eigenvalue weighted by Gasteiger charge is -2.35. The molecule has 1 aliphatic rings. The molecule has 7 heteroatoms. The second-order valence-corrected chi connectivity index (χ2v) is 6.35. The number of hydrogen-bond donors (Lipinski definition) is 2. The third-order valence-electron chi connectivity index (χ3n) is 3.26. The Labute approximate surface area is 118 Å². The first-order valence-corrected chi connectivity index (χ1v) is 8.00. The first kappa shape index (κ1) is 15.0. The van der Waals surface area contributed by atoms with Crippen molar-refractivity contribution in [2.24, 2.45) is 5.14 Å². The Bertz CT molecular complexity index is 594.